The highest BCUT2D eigenvalue weighted by atomic mass is 16.7. The molecule has 2 aliphatic rings. The summed E-state index contributed by atoms with van der Waals surface area (Å²) in [4.78, 5) is 41.0. The monoisotopic (exact) mass is 289 g/mol. The highest BCUT2D eigenvalue weighted by molar-refractivity contribution is 6.20. The fourth-order valence-corrected chi connectivity index (χ4v) is 2.58. The molecule has 0 radical (unpaired) electrons. The van der Waals surface area contributed by atoms with Gasteiger partial charge in [-0.25, -0.2) is 4.79 Å². The Balaban J connectivity index is 1.64. The molecule has 0 spiro atoms. The van der Waals surface area contributed by atoms with Gasteiger partial charge < -0.3 is 9.57 Å². The van der Waals surface area contributed by atoms with Crippen molar-refractivity contribution in [2.24, 2.45) is 5.92 Å². The average molecular weight is 289 g/mol. The van der Waals surface area contributed by atoms with E-state index < -0.39 is 17.8 Å². The van der Waals surface area contributed by atoms with Crippen molar-refractivity contribution in [1.29, 1.82) is 0 Å². The molecule has 0 bridgehead atoms. The van der Waals surface area contributed by atoms with E-state index >= 15 is 0 Å². The van der Waals surface area contributed by atoms with E-state index in [1.165, 1.54) is 0 Å². The Hall–Kier alpha value is -2.21. The van der Waals surface area contributed by atoms with Crippen molar-refractivity contribution in [3.8, 4) is 0 Å². The van der Waals surface area contributed by atoms with Gasteiger partial charge in [0.25, 0.3) is 11.8 Å². The smallest absolute Gasteiger partial charge is 0.333 e. The lowest BCUT2D eigenvalue weighted by molar-refractivity contribution is -0.170. The van der Waals surface area contributed by atoms with Crippen molar-refractivity contribution in [3.63, 3.8) is 0 Å². The molecule has 2 aliphatic heterocycles. The van der Waals surface area contributed by atoms with Crippen LogP contribution in [0.3, 0.4) is 0 Å². The van der Waals surface area contributed by atoms with E-state index in [4.69, 9.17) is 9.57 Å². The molecule has 1 aromatic carbocycles. The van der Waals surface area contributed by atoms with Gasteiger partial charge in [-0.2, -0.15) is 0 Å². The molecule has 0 unspecified atom stereocenters. The quantitative estimate of drug-likeness (QED) is 0.789. The van der Waals surface area contributed by atoms with Crippen LogP contribution in [0.4, 0.5) is 0 Å². The summed E-state index contributed by atoms with van der Waals surface area (Å²) >= 11 is 0. The van der Waals surface area contributed by atoms with Gasteiger partial charge in [0.05, 0.1) is 17.5 Å². The third-order valence-electron chi connectivity index (χ3n) is 3.75. The number of hydroxylamine groups is 2. The van der Waals surface area contributed by atoms with Crippen LogP contribution < -0.4 is 0 Å². The van der Waals surface area contributed by atoms with E-state index in [9.17, 15) is 14.4 Å². The molecular formula is C15H15NO5. The Labute approximate surface area is 121 Å². The number of rotatable bonds is 3. The van der Waals surface area contributed by atoms with E-state index in [0.717, 1.165) is 12.8 Å². The summed E-state index contributed by atoms with van der Waals surface area (Å²) in [6.07, 6.45) is 1.77. The van der Waals surface area contributed by atoms with Gasteiger partial charge in [0.2, 0.25) is 0 Å². The Morgan fingerprint density at radius 2 is 1.71 bits per heavy atom. The van der Waals surface area contributed by atoms with Gasteiger partial charge in [0.15, 0.2) is 0 Å². The summed E-state index contributed by atoms with van der Waals surface area (Å²) in [5, 5.41) is 0.562. The molecule has 6 heteroatoms. The second kappa shape index (κ2) is 5.65. The maximum Gasteiger partial charge on any atom is 0.333 e. The highest BCUT2D eigenvalue weighted by Crippen LogP contribution is 2.24. The van der Waals surface area contributed by atoms with Crippen LogP contribution >= 0.6 is 0 Å². The summed E-state index contributed by atoms with van der Waals surface area (Å²) in [6, 6.07) is 6.42. The predicted octanol–water partition coefficient (Wildman–Crippen LogP) is 1.56. The van der Waals surface area contributed by atoms with Gasteiger partial charge in [-0.05, 0) is 30.9 Å². The number of ether oxygens (including phenoxy) is 1. The van der Waals surface area contributed by atoms with Crippen LogP contribution in [0, 0.1) is 5.92 Å². The third-order valence-corrected chi connectivity index (χ3v) is 3.75. The highest BCUT2D eigenvalue weighted by Gasteiger charge is 2.38. The normalized spacial score (nSPS) is 18.8. The molecule has 1 aromatic rings. The molecule has 3 rings (SSSR count). The second-order valence-corrected chi connectivity index (χ2v) is 5.17. The average Bonchev–Trinajstić information content (AvgIpc) is 2.74. The molecule has 21 heavy (non-hydrogen) atoms. The maximum atomic E-state index is 12.0. The van der Waals surface area contributed by atoms with E-state index in [0.29, 0.717) is 18.3 Å². The molecule has 0 aromatic heterocycles. The fourth-order valence-electron chi connectivity index (χ4n) is 2.58. The number of amides is 2. The first kappa shape index (κ1) is 13.8. The zero-order valence-electron chi connectivity index (χ0n) is 11.4. The minimum Gasteiger partial charge on any atom is -0.381 e. The molecule has 1 saturated heterocycles. The van der Waals surface area contributed by atoms with Crippen LogP contribution in [0.25, 0.3) is 0 Å². The van der Waals surface area contributed by atoms with Crippen LogP contribution in [-0.2, 0) is 14.4 Å². The van der Waals surface area contributed by atoms with Crippen molar-refractivity contribution >= 4 is 17.8 Å². The number of imide groups is 1. The molecule has 110 valence electrons. The molecule has 0 aliphatic carbocycles. The lowest BCUT2D eigenvalue weighted by Crippen LogP contribution is -2.33. The third kappa shape index (κ3) is 2.67. The zero-order chi connectivity index (χ0) is 14.8. The lowest BCUT2D eigenvalue weighted by atomic mass is 9.97. The Bertz CT molecular complexity index is 556. The van der Waals surface area contributed by atoms with E-state index in [2.05, 4.69) is 0 Å². The summed E-state index contributed by atoms with van der Waals surface area (Å²) < 4.78 is 5.22. The predicted molar refractivity (Wildman–Crippen MR) is 71.2 cm³/mol. The molecule has 0 N–H and O–H groups in total. The minimum atomic E-state index is -0.587. The fraction of sp³-hybridized carbons (Fsp3) is 0.400. The minimum absolute atomic E-state index is 0.182. The number of hydrogen-bond donors (Lipinski definition) is 0. The SMILES string of the molecule is O=C(CC1CCOCC1)ON1C(=O)c2ccccc2C1=O. The molecule has 1 fully saturated rings. The van der Waals surface area contributed by atoms with Crippen molar-refractivity contribution in [2.75, 3.05) is 13.2 Å². The van der Waals surface area contributed by atoms with Crippen molar-refractivity contribution in [3.05, 3.63) is 35.4 Å². The van der Waals surface area contributed by atoms with Crippen LogP contribution in [0.1, 0.15) is 40.0 Å². The summed E-state index contributed by atoms with van der Waals surface area (Å²) in [6.45, 7) is 1.26. The first-order valence-electron chi connectivity index (χ1n) is 6.93. The number of nitrogens with zero attached hydrogens (tertiary/aromatic N) is 1. The second-order valence-electron chi connectivity index (χ2n) is 5.17. The van der Waals surface area contributed by atoms with Gasteiger partial charge in [-0.1, -0.05) is 17.2 Å². The summed E-state index contributed by atoms with van der Waals surface area (Å²) in [5.74, 6) is -1.55. The van der Waals surface area contributed by atoms with Crippen molar-refractivity contribution in [1.82, 2.24) is 5.06 Å². The van der Waals surface area contributed by atoms with Gasteiger partial charge in [0, 0.05) is 13.2 Å². The first-order valence-corrected chi connectivity index (χ1v) is 6.93. The lowest BCUT2D eigenvalue weighted by Gasteiger charge is -2.21. The zero-order valence-corrected chi connectivity index (χ0v) is 11.4. The van der Waals surface area contributed by atoms with Gasteiger partial charge >= 0.3 is 5.97 Å². The molecule has 0 saturated carbocycles. The van der Waals surface area contributed by atoms with Crippen molar-refractivity contribution in [2.45, 2.75) is 19.3 Å². The van der Waals surface area contributed by atoms with Gasteiger partial charge in [0.1, 0.15) is 0 Å². The standard InChI is InChI=1S/C15H15NO5/c17-13(9-10-5-7-20-8-6-10)21-16-14(18)11-3-1-2-4-12(11)15(16)19/h1-4,10H,5-9H2. The summed E-state index contributed by atoms with van der Waals surface area (Å²) in [5.41, 5.74) is 0.530. The largest absolute Gasteiger partial charge is 0.381 e. The number of carbonyl (C=O) groups is 3. The first-order chi connectivity index (χ1) is 10.2. The van der Waals surface area contributed by atoms with Crippen LogP contribution in [0.5, 0.6) is 0 Å². The molecule has 2 amide bonds. The Morgan fingerprint density at radius 3 is 2.29 bits per heavy atom. The van der Waals surface area contributed by atoms with Gasteiger partial charge in [-0.15, -0.1) is 0 Å². The molecule has 2 heterocycles. The number of fused-ring (bicyclic) bond motifs is 1. The maximum absolute atomic E-state index is 12.0. The number of carbonyl (C=O) groups excluding carboxylic acids is 3. The van der Waals surface area contributed by atoms with E-state index in [-0.39, 0.29) is 23.5 Å². The number of hydrogen-bond acceptors (Lipinski definition) is 5. The molecule has 6 nitrogen and oxygen atoms in total. The van der Waals surface area contributed by atoms with Gasteiger partial charge in [-0.3, -0.25) is 9.59 Å². The van der Waals surface area contributed by atoms with Crippen LogP contribution in [0.15, 0.2) is 24.3 Å². The number of benzene rings is 1. The van der Waals surface area contributed by atoms with E-state index in [1.807, 2.05) is 0 Å². The van der Waals surface area contributed by atoms with E-state index in [1.54, 1.807) is 24.3 Å². The van der Waals surface area contributed by atoms with Crippen LogP contribution in [-0.4, -0.2) is 36.1 Å². The Kier molecular flexibility index (Phi) is 3.70. The Morgan fingerprint density at radius 1 is 1.14 bits per heavy atom. The summed E-state index contributed by atoms with van der Waals surface area (Å²) in [7, 11) is 0. The molecule has 0 atom stereocenters. The molecular weight excluding hydrogens is 274 g/mol. The van der Waals surface area contributed by atoms with Crippen LogP contribution in [0.2, 0.25) is 0 Å². The van der Waals surface area contributed by atoms with Crippen molar-refractivity contribution < 1.29 is 24.0 Å². The topological polar surface area (TPSA) is 72.9 Å².